The first-order chi connectivity index (χ1) is 7.20. The number of hydrogen-bond donors (Lipinski definition) is 0. The third kappa shape index (κ3) is 5.50. The van der Waals surface area contributed by atoms with Gasteiger partial charge in [-0.2, -0.15) is 0 Å². The second-order valence-electron chi connectivity index (χ2n) is 4.63. The average Bonchev–Trinajstić information content (AvgIpc) is 2.25. The predicted molar refractivity (Wildman–Crippen MR) is 62.1 cm³/mol. The Morgan fingerprint density at radius 3 is 2.47 bits per heavy atom. The molecule has 0 amide bonds. The zero-order valence-electron chi connectivity index (χ0n) is 10.4. The Labute approximate surface area is 93.7 Å². The molecule has 3 nitrogen and oxygen atoms in total. The minimum Gasteiger partial charge on any atom is -0.379 e. The van der Waals surface area contributed by atoms with Gasteiger partial charge in [0, 0.05) is 26.2 Å². The molecule has 0 aromatic rings. The van der Waals surface area contributed by atoms with Crippen molar-refractivity contribution in [3.05, 3.63) is 0 Å². The number of ether oxygens (including phenoxy) is 2. The summed E-state index contributed by atoms with van der Waals surface area (Å²) in [6, 6.07) is 0. The van der Waals surface area contributed by atoms with Crippen molar-refractivity contribution >= 4 is 0 Å². The number of nitrogens with zero attached hydrogens (tertiary/aromatic N) is 1. The van der Waals surface area contributed by atoms with Gasteiger partial charge in [-0.3, -0.25) is 4.90 Å². The summed E-state index contributed by atoms with van der Waals surface area (Å²) in [5.41, 5.74) is 0. The Bertz CT molecular complexity index is 156. The smallest absolute Gasteiger partial charge is 0.0594 e. The van der Waals surface area contributed by atoms with Crippen LogP contribution in [0.15, 0.2) is 0 Å². The van der Waals surface area contributed by atoms with Crippen LogP contribution in [-0.2, 0) is 9.47 Å². The average molecular weight is 215 g/mol. The number of hydrogen-bond acceptors (Lipinski definition) is 3. The monoisotopic (exact) mass is 215 g/mol. The minimum atomic E-state index is 0.384. The van der Waals surface area contributed by atoms with E-state index in [1.54, 1.807) is 0 Å². The minimum absolute atomic E-state index is 0.384. The van der Waals surface area contributed by atoms with Crippen molar-refractivity contribution in [2.45, 2.75) is 33.3 Å². The zero-order valence-corrected chi connectivity index (χ0v) is 10.4. The van der Waals surface area contributed by atoms with Crippen LogP contribution < -0.4 is 0 Å². The molecule has 1 atom stereocenters. The highest BCUT2D eigenvalue weighted by molar-refractivity contribution is 4.62. The third-order valence-electron chi connectivity index (χ3n) is 3.04. The molecule has 1 aliphatic heterocycles. The summed E-state index contributed by atoms with van der Waals surface area (Å²) in [5, 5.41) is 0. The largest absolute Gasteiger partial charge is 0.379 e. The Kier molecular flexibility index (Phi) is 6.22. The summed E-state index contributed by atoms with van der Waals surface area (Å²) in [4.78, 5) is 2.45. The fourth-order valence-corrected chi connectivity index (χ4v) is 1.57. The fraction of sp³-hybridized carbons (Fsp3) is 1.00. The van der Waals surface area contributed by atoms with Gasteiger partial charge in [0.15, 0.2) is 0 Å². The molecule has 0 aliphatic carbocycles. The van der Waals surface area contributed by atoms with Gasteiger partial charge in [-0.15, -0.1) is 0 Å². The molecule has 3 heteroatoms. The molecule has 0 bridgehead atoms. The van der Waals surface area contributed by atoms with E-state index in [1.807, 2.05) is 0 Å². The maximum Gasteiger partial charge on any atom is 0.0594 e. The van der Waals surface area contributed by atoms with Crippen molar-refractivity contribution in [3.63, 3.8) is 0 Å². The van der Waals surface area contributed by atoms with E-state index in [-0.39, 0.29) is 0 Å². The Morgan fingerprint density at radius 2 is 1.87 bits per heavy atom. The van der Waals surface area contributed by atoms with Gasteiger partial charge < -0.3 is 9.47 Å². The van der Waals surface area contributed by atoms with Crippen LogP contribution in [0.5, 0.6) is 0 Å². The van der Waals surface area contributed by atoms with E-state index in [0.29, 0.717) is 12.0 Å². The van der Waals surface area contributed by atoms with E-state index in [0.717, 1.165) is 45.9 Å². The molecule has 0 spiro atoms. The van der Waals surface area contributed by atoms with Gasteiger partial charge in [0.25, 0.3) is 0 Å². The molecule has 1 rings (SSSR count). The van der Waals surface area contributed by atoms with Gasteiger partial charge in [-0.05, 0) is 19.3 Å². The molecular formula is C12H25NO2. The van der Waals surface area contributed by atoms with Crippen LogP contribution >= 0.6 is 0 Å². The van der Waals surface area contributed by atoms with Crippen molar-refractivity contribution in [3.8, 4) is 0 Å². The van der Waals surface area contributed by atoms with E-state index in [4.69, 9.17) is 9.47 Å². The molecule has 0 N–H and O–H groups in total. The maximum atomic E-state index is 5.74. The number of morpholine rings is 1. The van der Waals surface area contributed by atoms with Gasteiger partial charge in [0.05, 0.1) is 19.3 Å². The quantitative estimate of drug-likeness (QED) is 0.630. The van der Waals surface area contributed by atoms with Crippen LogP contribution in [-0.4, -0.2) is 50.5 Å². The molecule has 0 aromatic carbocycles. The lowest BCUT2D eigenvalue weighted by Crippen LogP contribution is -2.37. The molecule has 1 saturated heterocycles. The highest BCUT2D eigenvalue weighted by Gasteiger charge is 2.10. The molecule has 1 unspecified atom stereocenters. The molecule has 1 heterocycles. The van der Waals surface area contributed by atoms with Crippen molar-refractivity contribution in [1.82, 2.24) is 4.90 Å². The van der Waals surface area contributed by atoms with Crippen LogP contribution in [0.1, 0.15) is 27.2 Å². The fourth-order valence-electron chi connectivity index (χ4n) is 1.57. The lowest BCUT2D eigenvalue weighted by atomic mass is 10.1. The summed E-state index contributed by atoms with van der Waals surface area (Å²) < 4.78 is 11.0. The van der Waals surface area contributed by atoms with Crippen LogP contribution in [0, 0.1) is 5.92 Å². The number of rotatable bonds is 6. The first-order valence-corrected chi connectivity index (χ1v) is 6.12. The van der Waals surface area contributed by atoms with Crippen LogP contribution in [0.2, 0.25) is 0 Å². The molecule has 0 radical (unpaired) electrons. The summed E-state index contributed by atoms with van der Waals surface area (Å²) in [7, 11) is 0. The highest BCUT2D eigenvalue weighted by atomic mass is 16.5. The summed E-state index contributed by atoms with van der Waals surface area (Å²) in [5.74, 6) is 0.619. The van der Waals surface area contributed by atoms with E-state index in [1.165, 1.54) is 0 Å². The van der Waals surface area contributed by atoms with Crippen molar-refractivity contribution in [2.24, 2.45) is 5.92 Å². The van der Waals surface area contributed by atoms with Gasteiger partial charge in [0.1, 0.15) is 0 Å². The van der Waals surface area contributed by atoms with Crippen molar-refractivity contribution in [2.75, 3.05) is 39.5 Å². The standard InChI is InChI=1S/C12H25NO2/c1-11(2)12(3)15-8-4-5-13-6-9-14-10-7-13/h11-12H,4-10H2,1-3H3. The molecule has 15 heavy (non-hydrogen) atoms. The lowest BCUT2D eigenvalue weighted by molar-refractivity contribution is 0.0136. The summed E-state index contributed by atoms with van der Waals surface area (Å²) in [6.45, 7) is 12.5. The lowest BCUT2D eigenvalue weighted by Gasteiger charge is -2.26. The first kappa shape index (κ1) is 12.9. The Balaban J connectivity index is 1.96. The van der Waals surface area contributed by atoms with E-state index in [9.17, 15) is 0 Å². The topological polar surface area (TPSA) is 21.7 Å². The van der Waals surface area contributed by atoms with Crippen LogP contribution in [0.25, 0.3) is 0 Å². The summed E-state index contributed by atoms with van der Waals surface area (Å²) >= 11 is 0. The first-order valence-electron chi connectivity index (χ1n) is 6.12. The van der Waals surface area contributed by atoms with E-state index in [2.05, 4.69) is 25.7 Å². The molecular weight excluding hydrogens is 190 g/mol. The maximum absolute atomic E-state index is 5.74. The Morgan fingerprint density at radius 1 is 1.20 bits per heavy atom. The molecule has 90 valence electrons. The Hall–Kier alpha value is -0.120. The second kappa shape index (κ2) is 7.20. The van der Waals surface area contributed by atoms with Gasteiger partial charge >= 0.3 is 0 Å². The van der Waals surface area contributed by atoms with E-state index < -0.39 is 0 Å². The van der Waals surface area contributed by atoms with Gasteiger partial charge in [0.2, 0.25) is 0 Å². The molecule has 1 aliphatic rings. The second-order valence-corrected chi connectivity index (χ2v) is 4.63. The van der Waals surface area contributed by atoms with Crippen molar-refractivity contribution < 1.29 is 9.47 Å². The normalized spacial score (nSPS) is 20.8. The molecule has 0 aromatic heterocycles. The SMILES string of the molecule is CC(C)C(C)OCCCN1CCOCC1. The van der Waals surface area contributed by atoms with Gasteiger partial charge in [-0.25, -0.2) is 0 Å². The van der Waals surface area contributed by atoms with Crippen LogP contribution in [0.4, 0.5) is 0 Å². The highest BCUT2D eigenvalue weighted by Crippen LogP contribution is 2.06. The zero-order chi connectivity index (χ0) is 11.1. The summed E-state index contributed by atoms with van der Waals surface area (Å²) in [6.07, 6.45) is 1.52. The third-order valence-corrected chi connectivity index (χ3v) is 3.04. The molecule has 1 fully saturated rings. The van der Waals surface area contributed by atoms with Gasteiger partial charge in [-0.1, -0.05) is 13.8 Å². The van der Waals surface area contributed by atoms with E-state index >= 15 is 0 Å². The predicted octanol–water partition coefficient (Wildman–Crippen LogP) is 1.77. The van der Waals surface area contributed by atoms with Crippen LogP contribution in [0.3, 0.4) is 0 Å². The van der Waals surface area contributed by atoms with Crippen molar-refractivity contribution in [1.29, 1.82) is 0 Å². The molecule has 0 saturated carbocycles.